The van der Waals surface area contributed by atoms with Gasteiger partial charge in [-0.15, -0.1) is 13.2 Å². The van der Waals surface area contributed by atoms with Crippen molar-refractivity contribution in [2.45, 2.75) is 12.5 Å². The molecule has 0 atom stereocenters. The van der Waals surface area contributed by atoms with Gasteiger partial charge in [0.2, 0.25) is 0 Å². The lowest BCUT2D eigenvalue weighted by atomic mass is 10.4. The molecule has 1 saturated heterocycles. The van der Waals surface area contributed by atoms with Gasteiger partial charge in [0.15, 0.2) is 0 Å². The number of nitrogens with one attached hydrogen (secondary N) is 2. The lowest BCUT2D eigenvalue weighted by Gasteiger charge is -2.11. The Morgan fingerprint density at radius 1 is 1.20 bits per heavy atom. The molecule has 1 rings (SSSR count). The standard InChI is InChI=1S/C4H7F3N2O/c5-4(6,7)10-3-1-8-9-2-3/h3,8-9H,1-2H2. The minimum Gasteiger partial charge on any atom is -0.286 e. The van der Waals surface area contributed by atoms with Gasteiger partial charge in [0, 0.05) is 13.1 Å². The van der Waals surface area contributed by atoms with E-state index in [1.54, 1.807) is 0 Å². The first kappa shape index (κ1) is 7.77. The Balaban J connectivity index is 2.24. The Morgan fingerprint density at radius 3 is 2.10 bits per heavy atom. The van der Waals surface area contributed by atoms with E-state index in [4.69, 9.17) is 0 Å². The van der Waals surface area contributed by atoms with Crippen molar-refractivity contribution in [2.24, 2.45) is 0 Å². The van der Waals surface area contributed by atoms with Gasteiger partial charge in [-0.25, -0.2) is 0 Å². The first-order valence-electron chi connectivity index (χ1n) is 2.78. The number of alkyl halides is 3. The summed E-state index contributed by atoms with van der Waals surface area (Å²) < 4.78 is 38.0. The van der Waals surface area contributed by atoms with Gasteiger partial charge in [0.25, 0.3) is 0 Å². The maximum absolute atomic E-state index is 11.4. The van der Waals surface area contributed by atoms with Crippen molar-refractivity contribution in [3.8, 4) is 0 Å². The smallest absolute Gasteiger partial charge is 0.286 e. The van der Waals surface area contributed by atoms with Crippen LogP contribution in [-0.2, 0) is 4.74 Å². The van der Waals surface area contributed by atoms with E-state index in [9.17, 15) is 13.2 Å². The zero-order chi connectivity index (χ0) is 7.61. The predicted octanol–water partition coefficient (Wildman–Crippen LogP) is -0.000800. The molecule has 0 saturated carbocycles. The van der Waals surface area contributed by atoms with E-state index in [-0.39, 0.29) is 13.1 Å². The number of hydrogen-bond donors (Lipinski definition) is 2. The highest BCUT2D eigenvalue weighted by molar-refractivity contribution is 4.69. The molecule has 1 aliphatic rings. The van der Waals surface area contributed by atoms with Crippen LogP contribution in [0.15, 0.2) is 0 Å². The van der Waals surface area contributed by atoms with E-state index in [1.807, 2.05) is 0 Å². The van der Waals surface area contributed by atoms with Crippen LogP contribution in [-0.4, -0.2) is 25.6 Å². The Hall–Kier alpha value is -0.330. The molecule has 6 heteroatoms. The molecule has 0 amide bonds. The summed E-state index contributed by atoms with van der Waals surface area (Å²) in [7, 11) is 0. The van der Waals surface area contributed by atoms with Crippen LogP contribution < -0.4 is 10.9 Å². The molecule has 0 aromatic heterocycles. The van der Waals surface area contributed by atoms with Crippen LogP contribution >= 0.6 is 0 Å². The fourth-order valence-electron chi connectivity index (χ4n) is 0.716. The van der Waals surface area contributed by atoms with Gasteiger partial charge in [0.05, 0.1) is 6.10 Å². The van der Waals surface area contributed by atoms with Gasteiger partial charge in [-0.1, -0.05) is 0 Å². The molecule has 1 aliphatic heterocycles. The largest absolute Gasteiger partial charge is 0.522 e. The molecule has 1 heterocycles. The van der Waals surface area contributed by atoms with Gasteiger partial charge in [0.1, 0.15) is 0 Å². The molecule has 3 nitrogen and oxygen atoms in total. The second-order valence-corrected chi connectivity index (χ2v) is 1.95. The molecule has 0 aliphatic carbocycles. The summed E-state index contributed by atoms with van der Waals surface area (Å²) in [5.41, 5.74) is 5.04. The minimum atomic E-state index is -4.52. The van der Waals surface area contributed by atoms with Gasteiger partial charge in [-0.05, 0) is 0 Å². The third-order valence-electron chi connectivity index (χ3n) is 1.08. The lowest BCUT2D eigenvalue weighted by molar-refractivity contribution is -0.338. The van der Waals surface area contributed by atoms with Crippen LogP contribution in [0, 0.1) is 0 Å². The van der Waals surface area contributed by atoms with Crippen LogP contribution in [0.25, 0.3) is 0 Å². The molecule has 0 radical (unpaired) electrons. The third-order valence-corrected chi connectivity index (χ3v) is 1.08. The van der Waals surface area contributed by atoms with E-state index in [2.05, 4.69) is 15.6 Å². The quantitative estimate of drug-likeness (QED) is 0.560. The molecular weight excluding hydrogens is 149 g/mol. The second-order valence-electron chi connectivity index (χ2n) is 1.95. The highest BCUT2D eigenvalue weighted by atomic mass is 19.4. The molecule has 0 spiro atoms. The van der Waals surface area contributed by atoms with Crippen molar-refractivity contribution in [2.75, 3.05) is 13.1 Å². The third kappa shape index (κ3) is 2.51. The molecular formula is C4H7F3N2O. The highest BCUT2D eigenvalue weighted by Gasteiger charge is 2.34. The van der Waals surface area contributed by atoms with Crippen molar-refractivity contribution in [3.05, 3.63) is 0 Å². The fourth-order valence-corrected chi connectivity index (χ4v) is 0.716. The van der Waals surface area contributed by atoms with Crippen molar-refractivity contribution in [1.29, 1.82) is 0 Å². The number of ether oxygens (including phenoxy) is 1. The number of halogens is 3. The van der Waals surface area contributed by atoms with Crippen LogP contribution in [0.4, 0.5) is 13.2 Å². The van der Waals surface area contributed by atoms with E-state index >= 15 is 0 Å². The molecule has 0 aromatic rings. The highest BCUT2D eigenvalue weighted by Crippen LogP contribution is 2.18. The maximum atomic E-state index is 11.4. The van der Waals surface area contributed by atoms with E-state index in [0.717, 1.165) is 0 Å². The van der Waals surface area contributed by atoms with Crippen LogP contribution in [0.2, 0.25) is 0 Å². The van der Waals surface area contributed by atoms with Crippen LogP contribution in [0.5, 0.6) is 0 Å². The van der Waals surface area contributed by atoms with Crippen LogP contribution in [0.1, 0.15) is 0 Å². The summed E-state index contributed by atoms with van der Waals surface area (Å²) in [6.45, 7) is 0.388. The maximum Gasteiger partial charge on any atom is 0.522 e. The first-order chi connectivity index (χ1) is 4.58. The summed E-state index contributed by atoms with van der Waals surface area (Å²) in [6, 6.07) is 0. The second kappa shape index (κ2) is 2.73. The molecule has 60 valence electrons. The Bertz CT molecular complexity index is 110. The Labute approximate surface area is 55.5 Å². The predicted molar refractivity (Wildman–Crippen MR) is 26.9 cm³/mol. The Morgan fingerprint density at radius 2 is 1.70 bits per heavy atom. The summed E-state index contributed by atoms with van der Waals surface area (Å²) in [5, 5.41) is 0. The summed E-state index contributed by atoms with van der Waals surface area (Å²) in [5.74, 6) is 0. The molecule has 0 unspecified atom stereocenters. The molecule has 10 heavy (non-hydrogen) atoms. The summed E-state index contributed by atoms with van der Waals surface area (Å²) in [6.07, 6.45) is -5.31. The topological polar surface area (TPSA) is 33.3 Å². The van der Waals surface area contributed by atoms with E-state index in [1.165, 1.54) is 0 Å². The average molecular weight is 156 g/mol. The lowest BCUT2D eigenvalue weighted by Crippen LogP contribution is -2.27. The average Bonchev–Trinajstić information content (AvgIpc) is 2.12. The van der Waals surface area contributed by atoms with Crippen molar-refractivity contribution < 1.29 is 17.9 Å². The monoisotopic (exact) mass is 156 g/mol. The van der Waals surface area contributed by atoms with Gasteiger partial charge in [-0.2, -0.15) is 0 Å². The van der Waals surface area contributed by atoms with Crippen molar-refractivity contribution in [3.63, 3.8) is 0 Å². The Kier molecular flexibility index (Phi) is 2.12. The van der Waals surface area contributed by atoms with Crippen molar-refractivity contribution in [1.82, 2.24) is 10.9 Å². The van der Waals surface area contributed by atoms with Gasteiger partial charge < -0.3 is 0 Å². The molecule has 0 bridgehead atoms. The van der Waals surface area contributed by atoms with E-state index < -0.39 is 12.5 Å². The van der Waals surface area contributed by atoms with Crippen LogP contribution in [0.3, 0.4) is 0 Å². The van der Waals surface area contributed by atoms with Crippen molar-refractivity contribution >= 4 is 0 Å². The zero-order valence-corrected chi connectivity index (χ0v) is 5.03. The minimum absolute atomic E-state index is 0.194. The number of hydrogen-bond acceptors (Lipinski definition) is 3. The fraction of sp³-hybridized carbons (Fsp3) is 1.00. The molecule has 2 N–H and O–H groups in total. The number of rotatable bonds is 1. The molecule has 0 aromatic carbocycles. The van der Waals surface area contributed by atoms with Gasteiger partial charge in [-0.3, -0.25) is 15.6 Å². The normalized spacial score (nSPS) is 21.9. The summed E-state index contributed by atoms with van der Waals surface area (Å²) >= 11 is 0. The SMILES string of the molecule is FC(F)(F)OC1CNNC1. The van der Waals surface area contributed by atoms with Gasteiger partial charge >= 0.3 is 6.36 Å². The van der Waals surface area contributed by atoms with E-state index in [0.29, 0.717) is 0 Å². The first-order valence-corrected chi connectivity index (χ1v) is 2.78. The summed E-state index contributed by atoms with van der Waals surface area (Å²) in [4.78, 5) is 0. The molecule has 1 fully saturated rings. The number of hydrazine groups is 1. The zero-order valence-electron chi connectivity index (χ0n) is 5.03.